The lowest BCUT2D eigenvalue weighted by atomic mass is 10.1. The highest BCUT2D eigenvalue weighted by atomic mass is 35.5. The molecular formula is C23H20ClN3O4. The second-order valence-corrected chi connectivity index (χ2v) is 7.93. The van der Waals surface area contributed by atoms with Gasteiger partial charge in [0.25, 0.3) is 5.88 Å². The molecule has 2 aliphatic rings. The lowest BCUT2D eigenvalue weighted by molar-refractivity contribution is 0.200. The Balaban J connectivity index is 1.44. The number of para-hydroxylation sites is 3. The third-order valence-corrected chi connectivity index (χ3v) is 5.49. The number of amides is 1. The number of rotatable bonds is 4. The lowest BCUT2D eigenvalue weighted by Gasteiger charge is -2.28. The Morgan fingerprint density at radius 1 is 1.16 bits per heavy atom. The molecule has 3 aromatic rings. The third-order valence-electron chi connectivity index (χ3n) is 5.30. The Labute approximate surface area is 184 Å². The standard InChI is InChI=1S/C23H20ClN3O4/c1-14-5-4-6-16(15-9-10-15)21(14)31-22-19(13-20(24)25-26-22)30-23(28)27-11-12-29-18-8-3-2-7-17(18)27/h2-8,13,15H,9-12H2,1H3. The van der Waals surface area contributed by atoms with Gasteiger partial charge in [-0.3, -0.25) is 4.90 Å². The zero-order valence-corrected chi connectivity index (χ0v) is 17.6. The van der Waals surface area contributed by atoms with Crippen LogP contribution in [0.2, 0.25) is 5.15 Å². The maximum atomic E-state index is 13.0. The molecule has 0 spiro atoms. The average molecular weight is 438 g/mol. The summed E-state index contributed by atoms with van der Waals surface area (Å²) in [5, 5.41) is 8.03. The van der Waals surface area contributed by atoms with E-state index in [4.69, 9.17) is 25.8 Å². The topological polar surface area (TPSA) is 73.8 Å². The molecule has 0 bridgehead atoms. The second kappa shape index (κ2) is 8.07. The van der Waals surface area contributed by atoms with Gasteiger partial charge in [0, 0.05) is 6.07 Å². The molecule has 8 heteroatoms. The molecule has 2 aromatic carbocycles. The SMILES string of the molecule is Cc1cccc(C2CC2)c1Oc1nnc(Cl)cc1OC(=O)N1CCOc2ccccc21. The van der Waals surface area contributed by atoms with Gasteiger partial charge in [0.1, 0.15) is 18.1 Å². The number of halogens is 1. The van der Waals surface area contributed by atoms with Crippen LogP contribution in [0.15, 0.2) is 48.5 Å². The Kier molecular flexibility index (Phi) is 5.11. The van der Waals surface area contributed by atoms with Crippen LogP contribution in [0, 0.1) is 6.92 Å². The molecule has 1 aromatic heterocycles. The van der Waals surface area contributed by atoms with E-state index in [0.29, 0.717) is 30.5 Å². The Morgan fingerprint density at radius 2 is 2.00 bits per heavy atom. The van der Waals surface area contributed by atoms with Crippen LogP contribution >= 0.6 is 11.6 Å². The van der Waals surface area contributed by atoms with Crippen LogP contribution in [0.25, 0.3) is 0 Å². The largest absolute Gasteiger partial charge is 0.490 e. The van der Waals surface area contributed by atoms with E-state index < -0.39 is 6.09 Å². The Morgan fingerprint density at radius 3 is 2.84 bits per heavy atom. The Hall–Kier alpha value is -3.32. The number of carbonyl (C=O) groups is 1. The number of anilines is 1. The fourth-order valence-electron chi connectivity index (χ4n) is 3.62. The summed E-state index contributed by atoms with van der Waals surface area (Å²) < 4.78 is 17.4. The van der Waals surface area contributed by atoms with Crippen molar-refractivity contribution in [2.75, 3.05) is 18.1 Å². The minimum absolute atomic E-state index is 0.0931. The predicted molar refractivity (Wildman–Crippen MR) is 116 cm³/mol. The van der Waals surface area contributed by atoms with Crippen LogP contribution in [0.1, 0.15) is 29.9 Å². The van der Waals surface area contributed by atoms with Crippen molar-refractivity contribution in [1.29, 1.82) is 0 Å². The van der Waals surface area contributed by atoms with Crippen molar-refractivity contribution < 1.29 is 19.0 Å². The minimum atomic E-state index is -0.572. The predicted octanol–water partition coefficient (Wildman–Crippen LogP) is 5.51. The molecule has 1 amide bonds. The first kappa shape index (κ1) is 19.6. The van der Waals surface area contributed by atoms with Gasteiger partial charge in [-0.15, -0.1) is 10.2 Å². The van der Waals surface area contributed by atoms with Gasteiger partial charge in [0.05, 0.1) is 12.2 Å². The molecule has 0 atom stereocenters. The molecule has 158 valence electrons. The molecule has 1 aliphatic carbocycles. The number of hydrogen-bond acceptors (Lipinski definition) is 6. The molecule has 1 fully saturated rings. The number of aryl methyl sites for hydroxylation is 1. The highest BCUT2D eigenvalue weighted by Gasteiger charge is 2.30. The molecule has 0 radical (unpaired) electrons. The summed E-state index contributed by atoms with van der Waals surface area (Å²) >= 11 is 6.04. The van der Waals surface area contributed by atoms with Crippen molar-refractivity contribution >= 4 is 23.4 Å². The van der Waals surface area contributed by atoms with E-state index in [0.717, 1.165) is 29.7 Å². The van der Waals surface area contributed by atoms with Crippen molar-refractivity contribution in [2.45, 2.75) is 25.7 Å². The van der Waals surface area contributed by atoms with Crippen LogP contribution in [-0.4, -0.2) is 29.4 Å². The average Bonchev–Trinajstić information content (AvgIpc) is 3.61. The van der Waals surface area contributed by atoms with E-state index >= 15 is 0 Å². The van der Waals surface area contributed by atoms with Crippen molar-refractivity contribution in [2.24, 2.45) is 0 Å². The molecule has 0 saturated heterocycles. The first-order chi connectivity index (χ1) is 15.1. The second-order valence-electron chi connectivity index (χ2n) is 7.54. The molecule has 0 unspecified atom stereocenters. The van der Waals surface area contributed by atoms with Crippen molar-refractivity contribution in [3.63, 3.8) is 0 Å². The number of benzene rings is 2. The maximum absolute atomic E-state index is 13.0. The number of aromatic nitrogens is 2. The van der Waals surface area contributed by atoms with E-state index in [9.17, 15) is 4.79 Å². The number of ether oxygens (including phenoxy) is 3. The highest BCUT2D eigenvalue weighted by molar-refractivity contribution is 6.29. The fourth-order valence-corrected chi connectivity index (χ4v) is 3.76. The van der Waals surface area contributed by atoms with E-state index in [-0.39, 0.29) is 16.8 Å². The zero-order chi connectivity index (χ0) is 21.4. The maximum Gasteiger partial charge on any atom is 0.420 e. The van der Waals surface area contributed by atoms with Gasteiger partial charge in [0.2, 0.25) is 0 Å². The minimum Gasteiger partial charge on any atom is -0.490 e. The van der Waals surface area contributed by atoms with Gasteiger partial charge in [-0.2, -0.15) is 0 Å². The number of nitrogens with zero attached hydrogens (tertiary/aromatic N) is 3. The summed E-state index contributed by atoms with van der Waals surface area (Å²) in [7, 11) is 0. The van der Waals surface area contributed by atoms with E-state index in [2.05, 4.69) is 16.3 Å². The molecule has 31 heavy (non-hydrogen) atoms. The van der Waals surface area contributed by atoms with Gasteiger partial charge in [-0.1, -0.05) is 41.9 Å². The number of fused-ring (bicyclic) bond motifs is 1. The van der Waals surface area contributed by atoms with Gasteiger partial charge in [-0.25, -0.2) is 4.79 Å². The van der Waals surface area contributed by atoms with Gasteiger partial charge in [0.15, 0.2) is 10.9 Å². The van der Waals surface area contributed by atoms with Crippen molar-refractivity contribution in [3.05, 3.63) is 64.8 Å². The first-order valence-corrected chi connectivity index (χ1v) is 10.5. The van der Waals surface area contributed by atoms with E-state index in [1.54, 1.807) is 6.07 Å². The number of carbonyl (C=O) groups excluding carboxylic acids is 1. The summed E-state index contributed by atoms with van der Waals surface area (Å²) in [4.78, 5) is 14.5. The van der Waals surface area contributed by atoms with Gasteiger partial charge >= 0.3 is 6.09 Å². The van der Waals surface area contributed by atoms with Crippen molar-refractivity contribution in [1.82, 2.24) is 10.2 Å². The number of hydrogen-bond donors (Lipinski definition) is 0. The monoisotopic (exact) mass is 437 g/mol. The quantitative estimate of drug-likeness (QED) is 0.536. The normalized spacial score (nSPS) is 15.1. The summed E-state index contributed by atoms with van der Waals surface area (Å²) in [5.41, 5.74) is 2.74. The summed E-state index contributed by atoms with van der Waals surface area (Å²) in [6, 6.07) is 14.8. The molecule has 7 nitrogen and oxygen atoms in total. The molecule has 5 rings (SSSR count). The van der Waals surface area contributed by atoms with Gasteiger partial charge < -0.3 is 14.2 Å². The highest BCUT2D eigenvalue weighted by Crippen LogP contribution is 2.47. The third kappa shape index (κ3) is 4.01. The van der Waals surface area contributed by atoms with Crippen LogP contribution in [0.5, 0.6) is 23.1 Å². The molecule has 1 aliphatic heterocycles. The van der Waals surface area contributed by atoms with Crippen LogP contribution in [0.3, 0.4) is 0 Å². The van der Waals surface area contributed by atoms with Crippen molar-refractivity contribution in [3.8, 4) is 23.1 Å². The van der Waals surface area contributed by atoms with Crippen LogP contribution < -0.4 is 19.1 Å². The summed E-state index contributed by atoms with van der Waals surface area (Å²) in [6.45, 7) is 2.71. The Bertz CT molecular complexity index is 1150. The molecule has 2 heterocycles. The fraction of sp³-hybridized carbons (Fsp3) is 0.261. The smallest absolute Gasteiger partial charge is 0.420 e. The molecular weight excluding hydrogens is 418 g/mol. The zero-order valence-electron chi connectivity index (χ0n) is 16.9. The molecule has 1 saturated carbocycles. The summed E-state index contributed by atoms with van der Waals surface area (Å²) in [6.07, 6.45) is 1.69. The first-order valence-electron chi connectivity index (χ1n) is 10.1. The van der Waals surface area contributed by atoms with Gasteiger partial charge in [-0.05, 0) is 48.9 Å². The van der Waals surface area contributed by atoms with Crippen LogP contribution in [0.4, 0.5) is 10.5 Å². The van der Waals surface area contributed by atoms with E-state index in [1.807, 2.05) is 37.3 Å². The summed E-state index contributed by atoms with van der Waals surface area (Å²) in [5.74, 6) is 2.03. The van der Waals surface area contributed by atoms with E-state index in [1.165, 1.54) is 11.0 Å². The van der Waals surface area contributed by atoms with Crippen LogP contribution in [-0.2, 0) is 0 Å². The lowest BCUT2D eigenvalue weighted by Crippen LogP contribution is -2.39. The molecule has 0 N–H and O–H groups in total.